The average Bonchev–Trinajstić information content (AvgIpc) is 3.27. The molecule has 0 saturated carbocycles. The molecule has 9 nitrogen and oxygen atoms in total. The van der Waals surface area contributed by atoms with Crippen LogP contribution in [0.25, 0.3) is 11.1 Å². The van der Waals surface area contributed by atoms with E-state index in [1.807, 2.05) is 36.8 Å². The monoisotopic (exact) mass is 436 g/mol. The van der Waals surface area contributed by atoms with Crippen molar-refractivity contribution < 1.29 is 14.6 Å². The molecule has 1 aliphatic heterocycles. The SMILES string of the molecule is CN[C@H](C)/C=C(/c1ccn2nccc2c1)c1c(C)nc(N=C2CCOC[C@H]2O)nc1OC. The van der Waals surface area contributed by atoms with Crippen LogP contribution in [0.5, 0.6) is 5.88 Å². The Bertz CT molecular complexity index is 1170. The molecule has 3 aromatic rings. The van der Waals surface area contributed by atoms with Crippen molar-refractivity contribution in [1.29, 1.82) is 0 Å². The number of aromatic nitrogens is 4. The number of ether oxygens (including phenoxy) is 2. The number of aliphatic hydroxyl groups is 1. The van der Waals surface area contributed by atoms with Crippen molar-refractivity contribution in [2.24, 2.45) is 4.99 Å². The minimum atomic E-state index is -0.743. The van der Waals surface area contributed by atoms with E-state index in [4.69, 9.17) is 9.47 Å². The van der Waals surface area contributed by atoms with Crippen molar-refractivity contribution >= 4 is 22.7 Å². The lowest BCUT2D eigenvalue weighted by Gasteiger charge is -2.20. The summed E-state index contributed by atoms with van der Waals surface area (Å²) in [4.78, 5) is 13.7. The summed E-state index contributed by atoms with van der Waals surface area (Å²) in [5.41, 5.74) is 5.10. The van der Waals surface area contributed by atoms with Gasteiger partial charge in [0, 0.05) is 24.9 Å². The highest BCUT2D eigenvalue weighted by Gasteiger charge is 2.22. The number of likely N-dealkylation sites (N-methyl/N-ethyl adjacent to an activating group) is 1. The molecule has 0 bridgehead atoms. The van der Waals surface area contributed by atoms with Crippen LogP contribution >= 0.6 is 0 Å². The highest BCUT2D eigenvalue weighted by Crippen LogP contribution is 2.34. The zero-order valence-electron chi connectivity index (χ0n) is 18.7. The predicted octanol–water partition coefficient (Wildman–Crippen LogP) is 2.33. The second-order valence-electron chi connectivity index (χ2n) is 7.71. The summed E-state index contributed by atoms with van der Waals surface area (Å²) in [5, 5.41) is 17.7. The maximum absolute atomic E-state index is 10.1. The molecule has 0 spiro atoms. The molecular formula is C23H28N6O3. The minimum Gasteiger partial charge on any atom is -0.480 e. The zero-order chi connectivity index (χ0) is 22.7. The number of hydrogen-bond acceptors (Lipinski definition) is 8. The van der Waals surface area contributed by atoms with Crippen LogP contribution in [0.1, 0.15) is 30.2 Å². The van der Waals surface area contributed by atoms with E-state index in [-0.39, 0.29) is 18.6 Å². The maximum atomic E-state index is 10.1. The van der Waals surface area contributed by atoms with Gasteiger partial charge in [0.05, 0.1) is 42.8 Å². The van der Waals surface area contributed by atoms with Crippen LogP contribution in [0.3, 0.4) is 0 Å². The van der Waals surface area contributed by atoms with E-state index in [9.17, 15) is 5.11 Å². The van der Waals surface area contributed by atoms with Crippen LogP contribution < -0.4 is 10.1 Å². The van der Waals surface area contributed by atoms with Gasteiger partial charge < -0.3 is 19.9 Å². The summed E-state index contributed by atoms with van der Waals surface area (Å²) in [6.07, 6.45) is 5.63. The lowest BCUT2D eigenvalue weighted by atomic mass is 9.96. The average molecular weight is 437 g/mol. The van der Waals surface area contributed by atoms with Crippen molar-refractivity contribution in [2.45, 2.75) is 32.4 Å². The summed E-state index contributed by atoms with van der Waals surface area (Å²) < 4.78 is 12.8. The summed E-state index contributed by atoms with van der Waals surface area (Å²) in [7, 11) is 3.50. The second-order valence-corrected chi connectivity index (χ2v) is 7.71. The van der Waals surface area contributed by atoms with Crippen LogP contribution in [0.15, 0.2) is 41.7 Å². The van der Waals surface area contributed by atoms with E-state index in [1.54, 1.807) is 13.3 Å². The first-order chi connectivity index (χ1) is 15.5. The predicted molar refractivity (Wildman–Crippen MR) is 123 cm³/mol. The third kappa shape index (κ3) is 4.55. The van der Waals surface area contributed by atoms with Gasteiger partial charge in [-0.25, -0.2) is 14.5 Å². The Hall–Kier alpha value is -3.14. The van der Waals surface area contributed by atoms with Crippen LogP contribution in [0, 0.1) is 6.92 Å². The molecule has 1 saturated heterocycles. The molecule has 2 N–H and O–H groups in total. The van der Waals surface area contributed by atoms with Gasteiger partial charge in [0.15, 0.2) is 0 Å². The molecule has 32 heavy (non-hydrogen) atoms. The Morgan fingerprint density at radius 1 is 1.41 bits per heavy atom. The van der Waals surface area contributed by atoms with Gasteiger partial charge in [-0.3, -0.25) is 0 Å². The molecule has 168 valence electrons. The fourth-order valence-corrected chi connectivity index (χ4v) is 3.68. The highest BCUT2D eigenvalue weighted by atomic mass is 16.5. The summed E-state index contributed by atoms with van der Waals surface area (Å²) in [5.74, 6) is 0.702. The quantitative estimate of drug-likeness (QED) is 0.611. The van der Waals surface area contributed by atoms with Crippen LogP contribution in [-0.2, 0) is 4.74 Å². The highest BCUT2D eigenvalue weighted by molar-refractivity contribution is 5.91. The van der Waals surface area contributed by atoms with Gasteiger partial charge in [0.2, 0.25) is 5.88 Å². The standard InChI is InChI=1S/C23H28N6O3/c1-14(24-3)11-18(16-6-9-29-17(12-16)5-8-25-29)21-15(2)26-23(28-22(21)31-4)27-19-7-10-32-13-20(19)30/h5-6,8-9,11-12,14,20,24,30H,7,10,13H2,1-4H3/b18-11-,27-19?/t14-,20-/m1/s1. The normalized spacial score (nSPS) is 19.5. The topological polar surface area (TPSA) is 106 Å². The Kier molecular flexibility index (Phi) is 6.59. The first-order valence-corrected chi connectivity index (χ1v) is 10.6. The molecule has 0 aliphatic carbocycles. The van der Waals surface area contributed by atoms with Crippen molar-refractivity contribution in [3.8, 4) is 5.88 Å². The number of pyridine rings is 1. The number of fused-ring (bicyclic) bond motifs is 1. The van der Waals surface area contributed by atoms with Gasteiger partial charge in [-0.1, -0.05) is 6.08 Å². The third-order valence-electron chi connectivity index (χ3n) is 5.50. The van der Waals surface area contributed by atoms with Crippen molar-refractivity contribution in [1.82, 2.24) is 24.9 Å². The number of aliphatic imine (C=N–C) groups is 1. The van der Waals surface area contributed by atoms with E-state index in [0.717, 1.165) is 27.9 Å². The number of nitrogens with one attached hydrogen (secondary N) is 1. The van der Waals surface area contributed by atoms with Crippen molar-refractivity contribution in [3.63, 3.8) is 0 Å². The van der Waals surface area contributed by atoms with Gasteiger partial charge in [-0.05, 0) is 50.2 Å². The number of rotatable bonds is 6. The molecule has 1 fully saturated rings. The number of aryl methyl sites for hydroxylation is 1. The molecule has 4 rings (SSSR count). The van der Waals surface area contributed by atoms with Crippen LogP contribution in [0.4, 0.5) is 5.95 Å². The van der Waals surface area contributed by atoms with Gasteiger partial charge in [0.25, 0.3) is 5.95 Å². The molecule has 4 heterocycles. The van der Waals surface area contributed by atoms with Crippen molar-refractivity contribution in [3.05, 3.63) is 53.5 Å². The summed E-state index contributed by atoms with van der Waals surface area (Å²) >= 11 is 0. The summed E-state index contributed by atoms with van der Waals surface area (Å²) in [6.45, 7) is 4.75. The van der Waals surface area contributed by atoms with Crippen molar-refractivity contribution in [2.75, 3.05) is 27.4 Å². The molecule has 2 atom stereocenters. The maximum Gasteiger partial charge on any atom is 0.252 e. The minimum absolute atomic E-state index is 0.104. The van der Waals surface area contributed by atoms with E-state index < -0.39 is 6.10 Å². The zero-order valence-corrected chi connectivity index (χ0v) is 18.7. The number of nitrogens with zero attached hydrogens (tertiary/aromatic N) is 5. The molecule has 0 radical (unpaired) electrons. The molecule has 0 amide bonds. The largest absolute Gasteiger partial charge is 0.480 e. The van der Waals surface area contributed by atoms with E-state index >= 15 is 0 Å². The number of methoxy groups -OCH3 is 1. The number of aliphatic hydroxyl groups excluding tert-OH is 1. The van der Waals surface area contributed by atoms with E-state index in [0.29, 0.717) is 24.6 Å². The molecule has 1 aliphatic rings. The first-order valence-electron chi connectivity index (χ1n) is 10.6. The smallest absolute Gasteiger partial charge is 0.252 e. The Morgan fingerprint density at radius 2 is 2.25 bits per heavy atom. The third-order valence-corrected chi connectivity index (χ3v) is 5.50. The van der Waals surface area contributed by atoms with Gasteiger partial charge in [0.1, 0.15) is 6.10 Å². The lowest BCUT2D eigenvalue weighted by molar-refractivity contribution is 0.0528. The molecular weight excluding hydrogens is 408 g/mol. The molecule has 0 aromatic carbocycles. The molecule has 9 heteroatoms. The summed E-state index contributed by atoms with van der Waals surface area (Å²) in [6, 6.07) is 6.15. The fourth-order valence-electron chi connectivity index (χ4n) is 3.68. The van der Waals surface area contributed by atoms with Gasteiger partial charge in [-0.2, -0.15) is 10.1 Å². The Labute approximate surface area is 186 Å². The van der Waals surface area contributed by atoms with Gasteiger partial charge >= 0.3 is 0 Å². The number of hydrogen-bond donors (Lipinski definition) is 2. The first kappa shape index (κ1) is 22.1. The van der Waals surface area contributed by atoms with E-state index in [1.165, 1.54) is 0 Å². The fraction of sp³-hybridized carbons (Fsp3) is 0.391. The van der Waals surface area contributed by atoms with Gasteiger partial charge in [-0.15, -0.1) is 0 Å². The Morgan fingerprint density at radius 3 is 3.00 bits per heavy atom. The van der Waals surface area contributed by atoms with Crippen LogP contribution in [-0.4, -0.2) is 69.9 Å². The van der Waals surface area contributed by atoms with Crippen LogP contribution in [0.2, 0.25) is 0 Å². The molecule has 3 aromatic heterocycles. The molecule has 0 unspecified atom stereocenters. The Balaban J connectivity index is 1.83. The van der Waals surface area contributed by atoms with E-state index in [2.05, 4.69) is 44.4 Å². The second kappa shape index (κ2) is 9.56. The lowest BCUT2D eigenvalue weighted by Crippen LogP contribution is -2.32.